The lowest BCUT2D eigenvalue weighted by atomic mass is 9.70. The molecule has 18 heavy (non-hydrogen) atoms. The average Bonchev–Trinajstić information content (AvgIpc) is 2.31. The lowest BCUT2D eigenvalue weighted by Gasteiger charge is -2.44. The second-order valence-electron chi connectivity index (χ2n) is 5.50. The first-order valence-electron chi connectivity index (χ1n) is 6.55. The summed E-state index contributed by atoms with van der Waals surface area (Å²) in [6.07, 6.45) is 4.17. The Labute approximate surface area is 106 Å². The zero-order chi connectivity index (χ0) is 13.3. The van der Waals surface area contributed by atoms with Crippen LogP contribution in [0, 0.1) is 5.41 Å². The first kappa shape index (κ1) is 13.1. The van der Waals surface area contributed by atoms with Crippen LogP contribution in [0.2, 0.25) is 0 Å². The van der Waals surface area contributed by atoms with Crippen LogP contribution in [-0.4, -0.2) is 33.8 Å². The van der Waals surface area contributed by atoms with E-state index in [0.717, 1.165) is 12.8 Å². The third-order valence-corrected chi connectivity index (χ3v) is 4.28. The minimum Gasteiger partial charge on any atom is -0.481 e. The Morgan fingerprint density at radius 2 is 1.83 bits per heavy atom. The summed E-state index contributed by atoms with van der Waals surface area (Å²) in [5.74, 6) is -1.31. The van der Waals surface area contributed by atoms with Gasteiger partial charge >= 0.3 is 5.97 Å². The van der Waals surface area contributed by atoms with E-state index in [1.54, 1.807) is 6.92 Å². The number of imide groups is 1. The molecule has 0 aromatic rings. The number of likely N-dealkylation sites (tertiary alicyclic amines) is 1. The molecule has 2 aliphatic rings. The van der Waals surface area contributed by atoms with Gasteiger partial charge in [-0.2, -0.15) is 0 Å². The van der Waals surface area contributed by atoms with E-state index >= 15 is 0 Å². The van der Waals surface area contributed by atoms with Crippen molar-refractivity contribution >= 4 is 17.8 Å². The third kappa shape index (κ3) is 2.02. The maximum Gasteiger partial charge on any atom is 0.311 e. The van der Waals surface area contributed by atoms with Gasteiger partial charge in [-0.05, 0) is 26.2 Å². The van der Waals surface area contributed by atoms with Crippen LogP contribution in [0.25, 0.3) is 0 Å². The van der Waals surface area contributed by atoms with Gasteiger partial charge in [0.1, 0.15) is 0 Å². The van der Waals surface area contributed by atoms with Crippen molar-refractivity contribution in [3.8, 4) is 0 Å². The molecule has 1 saturated carbocycles. The second-order valence-corrected chi connectivity index (χ2v) is 5.50. The predicted molar refractivity (Wildman–Crippen MR) is 63.7 cm³/mol. The first-order chi connectivity index (χ1) is 8.47. The Morgan fingerprint density at radius 3 is 2.39 bits per heavy atom. The van der Waals surface area contributed by atoms with Gasteiger partial charge in [-0.25, -0.2) is 0 Å². The van der Waals surface area contributed by atoms with Crippen molar-refractivity contribution in [2.45, 2.75) is 57.9 Å². The maximum absolute atomic E-state index is 11.9. The zero-order valence-corrected chi connectivity index (χ0v) is 10.6. The predicted octanol–water partition coefficient (Wildman–Crippen LogP) is 1.56. The molecule has 0 bridgehead atoms. The fourth-order valence-electron chi connectivity index (χ4n) is 3.10. The van der Waals surface area contributed by atoms with Gasteiger partial charge in [0.25, 0.3) is 0 Å². The molecule has 0 aromatic heterocycles. The molecule has 2 rings (SSSR count). The molecule has 2 atom stereocenters. The number of carbonyl (C=O) groups excluding carboxylic acids is 2. The lowest BCUT2D eigenvalue weighted by molar-refractivity contribution is -0.164. The van der Waals surface area contributed by atoms with Crippen molar-refractivity contribution in [2.75, 3.05) is 0 Å². The summed E-state index contributed by atoms with van der Waals surface area (Å²) in [4.78, 5) is 36.6. The molecule has 1 heterocycles. The van der Waals surface area contributed by atoms with Crippen LogP contribution in [0.3, 0.4) is 0 Å². The minimum absolute atomic E-state index is 0.203. The van der Waals surface area contributed by atoms with Crippen molar-refractivity contribution in [1.82, 2.24) is 4.90 Å². The van der Waals surface area contributed by atoms with Gasteiger partial charge in [-0.15, -0.1) is 0 Å². The highest BCUT2D eigenvalue weighted by atomic mass is 16.4. The molecule has 2 amide bonds. The Balaban J connectivity index is 2.30. The van der Waals surface area contributed by atoms with Gasteiger partial charge in [0.05, 0.1) is 11.5 Å². The molecule has 1 saturated heterocycles. The van der Waals surface area contributed by atoms with E-state index in [2.05, 4.69) is 0 Å². The summed E-state index contributed by atoms with van der Waals surface area (Å²) in [6.45, 7) is 1.66. The third-order valence-electron chi connectivity index (χ3n) is 4.28. The molecule has 2 unspecified atom stereocenters. The summed E-state index contributed by atoms with van der Waals surface area (Å²) in [6, 6.07) is -0.468. The molecule has 1 N–H and O–H groups in total. The van der Waals surface area contributed by atoms with Crippen LogP contribution in [-0.2, 0) is 14.4 Å². The van der Waals surface area contributed by atoms with E-state index in [4.69, 9.17) is 0 Å². The monoisotopic (exact) mass is 253 g/mol. The molecular weight excluding hydrogens is 234 g/mol. The van der Waals surface area contributed by atoms with Gasteiger partial charge < -0.3 is 5.11 Å². The number of amides is 2. The van der Waals surface area contributed by atoms with Crippen LogP contribution in [0.15, 0.2) is 0 Å². The summed E-state index contributed by atoms with van der Waals surface area (Å²) in [5, 5.41) is 9.42. The summed E-state index contributed by atoms with van der Waals surface area (Å²) < 4.78 is 0. The van der Waals surface area contributed by atoms with E-state index in [1.807, 2.05) is 0 Å². The molecule has 0 radical (unpaired) electrons. The summed E-state index contributed by atoms with van der Waals surface area (Å²) >= 11 is 0. The summed E-state index contributed by atoms with van der Waals surface area (Å²) in [7, 11) is 0. The number of aliphatic carboxylic acids is 1. The van der Waals surface area contributed by atoms with Gasteiger partial charge in [-0.1, -0.05) is 12.8 Å². The number of nitrogens with zero attached hydrogens (tertiary/aromatic N) is 1. The SMILES string of the molecule is CC1(C(=O)O)CCCCC1N1C(=O)CCCC1=O. The van der Waals surface area contributed by atoms with E-state index in [-0.39, 0.29) is 11.8 Å². The number of carbonyl (C=O) groups is 3. The van der Waals surface area contributed by atoms with Crippen LogP contribution in [0.5, 0.6) is 0 Å². The van der Waals surface area contributed by atoms with E-state index in [1.165, 1.54) is 4.90 Å². The van der Waals surface area contributed by atoms with E-state index < -0.39 is 17.4 Å². The van der Waals surface area contributed by atoms with Crippen molar-refractivity contribution in [1.29, 1.82) is 0 Å². The molecule has 100 valence electrons. The van der Waals surface area contributed by atoms with Crippen LogP contribution >= 0.6 is 0 Å². The molecular formula is C13H19NO4. The molecule has 1 aliphatic carbocycles. The Kier molecular flexibility index (Phi) is 3.41. The number of carboxylic acids is 1. The van der Waals surface area contributed by atoms with Gasteiger partial charge in [0, 0.05) is 12.8 Å². The van der Waals surface area contributed by atoms with Gasteiger partial charge in [-0.3, -0.25) is 19.3 Å². The zero-order valence-electron chi connectivity index (χ0n) is 10.6. The number of hydrogen-bond donors (Lipinski definition) is 1. The van der Waals surface area contributed by atoms with Crippen molar-refractivity contribution < 1.29 is 19.5 Å². The average molecular weight is 253 g/mol. The Bertz CT molecular complexity index is 376. The highest BCUT2D eigenvalue weighted by Crippen LogP contribution is 2.40. The van der Waals surface area contributed by atoms with Crippen molar-refractivity contribution in [3.05, 3.63) is 0 Å². The normalized spacial score (nSPS) is 33.6. The molecule has 5 heteroatoms. The fraction of sp³-hybridized carbons (Fsp3) is 0.769. The van der Waals surface area contributed by atoms with E-state index in [9.17, 15) is 19.5 Å². The number of carboxylic acid groups (broad SMARTS) is 1. The topological polar surface area (TPSA) is 74.7 Å². The van der Waals surface area contributed by atoms with Gasteiger partial charge in [0.15, 0.2) is 0 Å². The Morgan fingerprint density at radius 1 is 1.22 bits per heavy atom. The lowest BCUT2D eigenvalue weighted by Crippen LogP contribution is -2.57. The molecule has 0 aromatic carbocycles. The van der Waals surface area contributed by atoms with Crippen molar-refractivity contribution in [3.63, 3.8) is 0 Å². The fourth-order valence-corrected chi connectivity index (χ4v) is 3.10. The second kappa shape index (κ2) is 4.71. The number of piperidine rings is 1. The number of hydrogen-bond acceptors (Lipinski definition) is 3. The van der Waals surface area contributed by atoms with Crippen LogP contribution < -0.4 is 0 Å². The highest BCUT2D eigenvalue weighted by Gasteiger charge is 2.49. The number of rotatable bonds is 2. The standard InChI is InChI=1S/C13H19NO4/c1-13(12(17)18)8-3-2-5-9(13)14-10(15)6-4-7-11(14)16/h9H,2-8H2,1H3,(H,17,18). The molecule has 2 fully saturated rings. The highest BCUT2D eigenvalue weighted by molar-refractivity contribution is 5.98. The molecule has 0 spiro atoms. The smallest absolute Gasteiger partial charge is 0.311 e. The Hall–Kier alpha value is -1.39. The first-order valence-corrected chi connectivity index (χ1v) is 6.55. The molecule has 1 aliphatic heterocycles. The maximum atomic E-state index is 11.9. The summed E-state index contributed by atoms with van der Waals surface area (Å²) in [5.41, 5.74) is -0.985. The van der Waals surface area contributed by atoms with E-state index in [0.29, 0.717) is 32.1 Å². The largest absolute Gasteiger partial charge is 0.481 e. The quantitative estimate of drug-likeness (QED) is 0.758. The minimum atomic E-state index is -0.985. The van der Waals surface area contributed by atoms with Crippen LogP contribution in [0.4, 0.5) is 0 Å². The van der Waals surface area contributed by atoms with Gasteiger partial charge in [0.2, 0.25) is 11.8 Å². The molecule has 5 nitrogen and oxygen atoms in total. The van der Waals surface area contributed by atoms with Crippen LogP contribution in [0.1, 0.15) is 51.9 Å². The van der Waals surface area contributed by atoms with Crippen molar-refractivity contribution in [2.24, 2.45) is 5.41 Å².